The molecule has 1 unspecified atom stereocenters. The third kappa shape index (κ3) is 6.15. The first-order chi connectivity index (χ1) is 7.47. The minimum atomic E-state index is -2.89. The van der Waals surface area contributed by atoms with Crippen molar-refractivity contribution < 1.29 is 8.42 Å². The molecular weight excluding hydrogens is 242 g/mol. The van der Waals surface area contributed by atoms with Crippen molar-refractivity contribution >= 4 is 21.6 Å². The van der Waals surface area contributed by atoms with Gasteiger partial charge in [0.2, 0.25) is 0 Å². The van der Waals surface area contributed by atoms with Gasteiger partial charge in [-0.25, -0.2) is 8.42 Å². The van der Waals surface area contributed by atoms with E-state index in [1.165, 1.54) is 6.26 Å². The average molecular weight is 259 g/mol. The van der Waals surface area contributed by atoms with Crippen molar-refractivity contribution in [2.75, 3.05) is 17.8 Å². The molecule has 0 aliphatic carbocycles. The lowest BCUT2D eigenvalue weighted by atomic mass is 10.3. The molecule has 0 radical (unpaired) electrons. The Balaban J connectivity index is 2.28. The van der Waals surface area contributed by atoms with Crippen molar-refractivity contribution in [3.63, 3.8) is 0 Å². The van der Waals surface area contributed by atoms with Crippen LogP contribution in [0.4, 0.5) is 0 Å². The van der Waals surface area contributed by atoms with Gasteiger partial charge in [0.15, 0.2) is 0 Å². The number of rotatable bonds is 6. The van der Waals surface area contributed by atoms with Crippen molar-refractivity contribution in [1.29, 1.82) is 0 Å². The first kappa shape index (κ1) is 13.5. The second-order valence-corrected chi connectivity index (χ2v) is 7.16. The molecule has 0 bridgehead atoms. The highest BCUT2D eigenvalue weighted by Gasteiger charge is 2.08. The van der Waals surface area contributed by atoms with Crippen LogP contribution in [0.15, 0.2) is 35.2 Å². The number of sulfone groups is 1. The Hall–Kier alpha value is -0.520. The van der Waals surface area contributed by atoms with Crippen LogP contribution in [0.25, 0.3) is 0 Å². The van der Waals surface area contributed by atoms with E-state index in [2.05, 4.69) is 0 Å². The largest absolute Gasteiger partial charge is 0.327 e. The zero-order valence-corrected chi connectivity index (χ0v) is 10.9. The molecule has 16 heavy (non-hydrogen) atoms. The van der Waals surface area contributed by atoms with Gasteiger partial charge in [0.05, 0.1) is 5.75 Å². The molecule has 0 aliphatic heterocycles. The topological polar surface area (TPSA) is 60.2 Å². The van der Waals surface area contributed by atoms with E-state index in [0.29, 0.717) is 6.42 Å². The highest BCUT2D eigenvalue weighted by atomic mass is 32.2. The van der Waals surface area contributed by atoms with E-state index < -0.39 is 9.84 Å². The van der Waals surface area contributed by atoms with E-state index in [4.69, 9.17) is 5.73 Å². The summed E-state index contributed by atoms with van der Waals surface area (Å²) >= 11 is 1.66. The molecule has 2 N–H and O–H groups in total. The normalized spacial score (nSPS) is 13.6. The van der Waals surface area contributed by atoms with E-state index in [1.807, 2.05) is 30.3 Å². The Morgan fingerprint density at radius 2 is 1.94 bits per heavy atom. The first-order valence-electron chi connectivity index (χ1n) is 5.08. The lowest BCUT2D eigenvalue weighted by Crippen LogP contribution is -2.25. The number of hydrogen-bond donors (Lipinski definition) is 1. The monoisotopic (exact) mass is 259 g/mol. The quantitative estimate of drug-likeness (QED) is 0.787. The molecule has 0 amide bonds. The number of benzene rings is 1. The second-order valence-electron chi connectivity index (χ2n) is 3.80. The lowest BCUT2D eigenvalue weighted by molar-refractivity contribution is 0.594. The first-order valence-corrected chi connectivity index (χ1v) is 8.13. The molecule has 3 nitrogen and oxygen atoms in total. The van der Waals surface area contributed by atoms with Gasteiger partial charge in [0.25, 0.3) is 0 Å². The summed E-state index contributed by atoms with van der Waals surface area (Å²) in [6.07, 6.45) is 1.77. The summed E-state index contributed by atoms with van der Waals surface area (Å²) in [4.78, 5) is 1.16. The lowest BCUT2D eigenvalue weighted by Gasteiger charge is -2.10. The van der Waals surface area contributed by atoms with Crippen LogP contribution in [0.2, 0.25) is 0 Å². The standard InChI is InChI=1S/C11H17NO2S2/c1-16(13,14)8-7-10(12)9-15-11-5-3-2-4-6-11/h2-6,10H,7-9,12H2,1H3. The molecular formula is C11H17NO2S2. The van der Waals surface area contributed by atoms with Crippen LogP contribution in [0, 0.1) is 0 Å². The summed E-state index contributed by atoms with van der Waals surface area (Å²) < 4.78 is 21.9. The molecule has 0 saturated heterocycles. The fraction of sp³-hybridized carbons (Fsp3) is 0.455. The van der Waals surface area contributed by atoms with Gasteiger partial charge in [-0.2, -0.15) is 0 Å². The molecule has 1 rings (SSSR count). The van der Waals surface area contributed by atoms with Gasteiger partial charge in [-0.15, -0.1) is 11.8 Å². The zero-order chi connectivity index (χ0) is 12.0. The van der Waals surface area contributed by atoms with E-state index in [9.17, 15) is 8.42 Å². The zero-order valence-electron chi connectivity index (χ0n) is 9.30. The molecule has 1 atom stereocenters. The van der Waals surface area contributed by atoms with Gasteiger partial charge >= 0.3 is 0 Å². The van der Waals surface area contributed by atoms with Gasteiger partial charge in [-0.05, 0) is 18.6 Å². The number of nitrogens with two attached hydrogens (primary N) is 1. The molecule has 0 saturated carbocycles. The SMILES string of the molecule is CS(=O)(=O)CCC(N)CSc1ccccc1. The number of thioether (sulfide) groups is 1. The molecule has 1 aromatic carbocycles. The molecule has 0 spiro atoms. The van der Waals surface area contributed by atoms with Gasteiger partial charge in [0, 0.05) is 22.9 Å². The van der Waals surface area contributed by atoms with E-state index in [0.717, 1.165) is 10.6 Å². The minimum Gasteiger partial charge on any atom is -0.327 e. The van der Waals surface area contributed by atoms with Gasteiger partial charge < -0.3 is 5.73 Å². The van der Waals surface area contributed by atoms with Crippen LogP contribution >= 0.6 is 11.8 Å². The predicted molar refractivity (Wildman–Crippen MR) is 69.5 cm³/mol. The summed E-state index contributed by atoms with van der Waals surface area (Å²) in [6.45, 7) is 0. The van der Waals surface area contributed by atoms with Crippen LogP contribution in [-0.4, -0.2) is 32.2 Å². The molecule has 90 valence electrons. The smallest absolute Gasteiger partial charge is 0.147 e. The Kier molecular flexibility index (Phi) is 5.31. The Morgan fingerprint density at radius 3 is 2.50 bits per heavy atom. The van der Waals surface area contributed by atoms with Crippen molar-refractivity contribution in [1.82, 2.24) is 0 Å². The van der Waals surface area contributed by atoms with Crippen LogP contribution in [0.1, 0.15) is 6.42 Å². The van der Waals surface area contributed by atoms with Crippen LogP contribution in [-0.2, 0) is 9.84 Å². The van der Waals surface area contributed by atoms with Crippen molar-refractivity contribution in [3.8, 4) is 0 Å². The molecule has 0 aliphatic rings. The third-order valence-corrected chi connectivity index (χ3v) is 4.24. The predicted octanol–water partition coefficient (Wildman–Crippen LogP) is 1.54. The summed E-state index contributed by atoms with van der Waals surface area (Å²) in [5.41, 5.74) is 5.84. The van der Waals surface area contributed by atoms with Crippen molar-refractivity contribution in [2.45, 2.75) is 17.4 Å². The van der Waals surface area contributed by atoms with Gasteiger partial charge in [-0.1, -0.05) is 18.2 Å². The summed E-state index contributed by atoms with van der Waals surface area (Å²) in [5, 5.41) is 0. The summed E-state index contributed by atoms with van der Waals surface area (Å²) in [7, 11) is -2.89. The molecule has 1 aromatic rings. The van der Waals surface area contributed by atoms with E-state index in [1.54, 1.807) is 11.8 Å². The molecule has 0 aromatic heterocycles. The molecule has 5 heteroatoms. The van der Waals surface area contributed by atoms with Crippen LogP contribution in [0.3, 0.4) is 0 Å². The molecule has 0 heterocycles. The maximum Gasteiger partial charge on any atom is 0.147 e. The second kappa shape index (κ2) is 6.27. The number of hydrogen-bond acceptors (Lipinski definition) is 4. The maximum atomic E-state index is 10.9. The van der Waals surface area contributed by atoms with Crippen molar-refractivity contribution in [3.05, 3.63) is 30.3 Å². The van der Waals surface area contributed by atoms with Crippen LogP contribution in [0.5, 0.6) is 0 Å². The Bertz CT molecular complexity index is 403. The molecule has 0 fully saturated rings. The fourth-order valence-corrected chi connectivity index (χ4v) is 2.82. The van der Waals surface area contributed by atoms with Gasteiger partial charge in [0.1, 0.15) is 9.84 Å². The Morgan fingerprint density at radius 1 is 1.31 bits per heavy atom. The summed E-state index contributed by atoms with van der Waals surface area (Å²) in [6, 6.07) is 9.89. The average Bonchev–Trinajstić information content (AvgIpc) is 2.24. The van der Waals surface area contributed by atoms with Crippen LogP contribution < -0.4 is 5.73 Å². The minimum absolute atomic E-state index is 0.0695. The summed E-state index contributed by atoms with van der Waals surface area (Å²) in [5.74, 6) is 0.920. The highest BCUT2D eigenvalue weighted by Crippen LogP contribution is 2.18. The Labute approximate surface area is 101 Å². The van der Waals surface area contributed by atoms with Crippen molar-refractivity contribution in [2.24, 2.45) is 5.73 Å². The van der Waals surface area contributed by atoms with E-state index in [-0.39, 0.29) is 11.8 Å². The fourth-order valence-electron chi connectivity index (χ4n) is 1.17. The highest BCUT2D eigenvalue weighted by molar-refractivity contribution is 7.99. The van der Waals surface area contributed by atoms with E-state index >= 15 is 0 Å². The maximum absolute atomic E-state index is 10.9. The van der Waals surface area contributed by atoms with Gasteiger partial charge in [-0.3, -0.25) is 0 Å². The third-order valence-electron chi connectivity index (χ3n) is 2.07.